The molecule has 0 unspecified atom stereocenters. The first-order chi connectivity index (χ1) is 5.91. The molecule has 1 aliphatic rings. The fraction of sp³-hybridized carbons (Fsp3) is 1.00. The summed E-state index contributed by atoms with van der Waals surface area (Å²) in [6.45, 7) is 5.98. The van der Waals surface area contributed by atoms with E-state index in [1.165, 1.54) is 0 Å². The maximum absolute atomic E-state index is 14.4. The number of likely N-dealkylation sites (tertiary alicyclic amines) is 1. The summed E-state index contributed by atoms with van der Waals surface area (Å²) in [7, 11) is 2.04. The van der Waals surface area contributed by atoms with E-state index in [1.807, 2.05) is 20.9 Å². The van der Waals surface area contributed by atoms with E-state index in [-0.39, 0.29) is 5.41 Å². The number of nitrogens with two attached hydrogens (primary N) is 1. The predicted octanol–water partition coefficient (Wildman–Crippen LogP) is 1.41. The lowest BCUT2D eigenvalue weighted by molar-refractivity contribution is -0.0292. The van der Waals surface area contributed by atoms with Crippen LogP contribution < -0.4 is 5.73 Å². The number of halogens is 1. The van der Waals surface area contributed by atoms with Crippen molar-refractivity contribution in [2.75, 3.05) is 26.7 Å². The lowest BCUT2D eigenvalue weighted by Gasteiger charge is -2.44. The molecule has 0 atom stereocenters. The molecule has 78 valence electrons. The van der Waals surface area contributed by atoms with Crippen molar-refractivity contribution in [2.24, 2.45) is 11.1 Å². The predicted molar refractivity (Wildman–Crippen MR) is 53.4 cm³/mol. The minimum absolute atomic E-state index is 0.381. The maximum Gasteiger partial charge on any atom is 0.119 e. The van der Waals surface area contributed by atoms with E-state index in [1.54, 1.807) is 0 Å². The van der Waals surface area contributed by atoms with Crippen LogP contribution in [0.25, 0.3) is 0 Å². The first-order valence-electron chi connectivity index (χ1n) is 4.99. The van der Waals surface area contributed by atoms with Gasteiger partial charge in [-0.2, -0.15) is 0 Å². The van der Waals surface area contributed by atoms with Crippen LogP contribution in [0.2, 0.25) is 0 Å². The van der Waals surface area contributed by atoms with Crippen LogP contribution in [0.4, 0.5) is 4.39 Å². The van der Waals surface area contributed by atoms with Gasteiger partial charge in [-0.05, 0) is 19.9 Å². The molecule has 0 spiro atoms. The molecule has 2 N–H and O–H groups in total. The molecule has 0 saturated carbocycles. The van der Waals surface area contributed by atoms with Gasteiger partial charge in [0.25, 0.3) is 0 Å². The van der Waals surface area contributed by atoms with Gasteiger partial charge in [0.05, 0.1) is 0 Å². The first-order valence-corrected chi connectivity index (χ1v) is 4.99. The largest absolute Gasteiger partial charge is 0.330 e. The Bertz CT molecular complexity index is 172. The SMILES string of the molecule is CN1CCC(F)(C(C)(C)CN)CC1. The van der Waals surface area contributed by atoms with Crippen molar-refractivity contribution < 1.29 is 4.39 Å². The average molecular weight is 188 g/mol. The van der Waals surface area contributed by atoms with Crippen LogP contribution >= 0.6 is 0 Å². The van der Waals surface area contributed by atoms with E-state index in [2.05, 4.69) is 4.90 Å². The van der Waals surface area contributed by atoms with Gasteiger partial charge in [0.15, 0.2) is 0 Å². The lowest BCUT2D eigenvalue weighted by Crippen LogP contribution is -2.51. The Hall–Kier alpha value is -0.150. The molecule has 2 nitrogen and oxygen atoms in total. The Labute approximate surface area is 80.3 Å². The average Bonchev–Trinajstić information content (AvgIpc) is 2.10. The normalized spacial score (nSPS) is 24.7. The fourth-order valence-corrected chi connectivity index (χ4v) is 1.83. The van der Waals surface area contributed by atoms with Crippen LogP contribution in [0.15, 0.2) is 0 Å². The van der Waals surface area contributed by atoms with E-state index in [9.17, 15) is 4.39 Å². The summed E-state index contributed by atoms with van der Waals surface area (Å²) in [5.74, 6) is 0. The number of rotatable bonds is 2. The number of nitrogens with zero attached hydrogens (tertiary/aromatic N) is 1. The van der Waals surface area contributed by atoms with Gasteiger partial charge >= 0.3 is 0 Å². The second-order valence-electron chi connectivity index (χ2n) is 4.86. The van der Waals surface area contributed by atoms with E-state index in [4.69, 9.17) is 5.73 Å². The van der Waals surface area contributed by atoms with Gasteiger partial charge in [-0.15, -0.1) is 0 Å². The molecule has 0 aliphatic carbocycles. The summed E-state index contributed by atoms with van der Waals surface area (Å²) in [5, 5.41) is 0. The highest BCUT2D eigenvalue weighted by Crippen LogP contribution is 2.41. The molecule has 1 saturated heterocycles. The van der Waals surface area contributed by atoms with Gasteiger partial charge in [-0.1, -0.05) is 13.8 Å². The van der Waals surface area contributed by atoms with E-state index < -0.39 is 5.67 Å². The molecule has 0 aromatic rings. The Kier molecular flexibility index (Phi) is 2.98. The summed E-state index contributed by atoms with van der Waals surface area (Å²) in [5.41, 5.74) is 4.16. The highest BCUT2D eigenvalue weighted by Gasteiger charge is 2.45. The van der Waals surface area contributed by atoms with E-state index in [0.717, 1.165) is 13.1 Å². The summed E-state index contributed by atoms with van der Waals surface area (Å²) < 4.78 is 14.4. The topological polar surface area (TPSA) is 29.3 Å². The standard InChI is InChI=1S/C10H21FN2/c1-9(2,8-12)10(11)4-6-13(3)7-5-10/h4-8,12H2,1-3H3. The molecule has 3 heteroatoms. The molecule has 13 heavy (non-hydrogen) atoms. The summed E-state index contributed by atoms with van der Waals surface area (Å²) >= 11 is 0. The van der Waals surface area contributed by atoms with Crippen LogP contribution in [-0.4, -0.2) is 37.3 Å². The number of hydrogen-bond acceptors (Lipinski definition) is 2. The Balaban J connectivity index is 2.66. The lowest BCUT2D eigenvalue weighted by atomic mass is 9.71. The smallest absolute Gasteiger partial charge is 0.119 e. The quantitative estimate of drug-likeness (QED) is 0.710. The summed E-state index contributed by atoms with van der Waals surface area (Å²) in [6.07, 6.45) is 1.24. The van der Waals surface area contributed by atoms with Crippen molar-refractivity contribution in [3.05, 3.63) is 0 Å². The van der Waals surface area contributed by atoms with Gasteiger partial charge in [-0.3, -0.25) is 0 Å². The first kappa shape index (κ1) is 10.9. The highest BCUT2D eigenvalue weighted by molar-refractivity contribution is 4.97. The zero-order valence-corrected chi connectivity index (χ0v) is 8.94. The monoisotopic (exact) mass is 188 g/mol. The summed E-state index contributed by atoms with van der Waals surface area (Å²) in [6, 6.07) is 0. The molecular formula is C10H21FN2. The zero-order chi connectivity index (χ0) is 10.1. The molecule has 0 aromatic carbocycles. The van der Waals surface area contributed by atoms with Gasteiger partial charge in [0.1, 0.15) is 5.67 Å². The third kappa shape index (κ3) is 2.02. The van der Waals surface area contributed by atoms with Gasteiger partial charge in [-0.25, -0.2) is 4.39 Å². The molecule has 1 fully saturated rings. The fourth-order valence-electron chi connectivity index (χ4n) is 1.83. The van der Waals surface area contributed by atoms with Crippen LogP contribution in [-0.2, 0) is 0 Å². The molecule has 1 heterocycles. The minimum atomic E-state index is -1.06. The third-order valence-electron chi connectivity index (χ3n) is 3.50. The Morgan fingerprint density at radius 2 is 1.85 bits per heavy atom. The maximum atomic E-state index is 14.4. The summed E-state index contributed by atoms with van der Waals surface area (Å²) in [4.78, 5) is 2.17. The van der Waals surface area contributed by atoms with Crippen LogP contribution in [0, 0.1) is 5.41 Å². The number of piperidine rings is 1. The second kappa shape index (κ2) is 3.54. The van der Waals surface area contributed by atoms with Crippen molar-refractivity contribution in [3.8, 4) is 0 Å². The highest BCUT2D eigenvalue weighted by atomic mass is 19.1. The molecule has 1 aliphatic heterocycles. The number of hydrogen-bond donors (Lipinski definition) is 1. The molecule has 1 rings (SSSR count). The van der Waals surface area contributed by atoms with Crippen molar-refractivity contribution in [3.63, 3.8) is 0 Å². The molecule has 0 aromatic heterocycles. The Morgan fingerprint density at radius 1 is 1.38 bits per heavy atom. The van der Waals surface area contributed by atoms with E-state index in [0.29, 0.717) is 19.4 Å². The molecule has 0 bridgehead atoms. The van der Waals surface area contributed by atoms with Gasteiger partial charge < -0.3 is 10.6 Å². The van der Waals surface area contributed by atoms with Crippen LogP contribution in [0.3, 0.4) is 0 Å². The van der Waals surface area contributed by atoms with Gasteiger partial charge in [0.2, 0.25) is 0 Å². The van der Waals surface area contributed by atoms with Crippen LogP contribution in [0.5, 0.6) is 0 Å². The van der Waals surface area contributed by atoms with Crippen molar-refractivity contribution in [1.29, 1.82) is 0 Å². The van der Waals surface area contributed by atoms with Gasteiger partial charge in [0, 0.05) is 25.0 Å². The molecular weight excluding hydrogens is 167 g/mol. The van der Waals surface area contributed by atoms with E-state index >= 15 is 0 Å². The second-order valence-corrected chi connectivity index (χ2v) is 4.86. The van der Waals surface area contributed by atoms with Crippen molar-refractivity contribution in [2.45, 2.75) is 32.4 Å². The van der Waals surface area contributed by atoms with Crippen molar-refractivity contribution >= 4 is 0 Å². The molecule has 0 radical (unpaired) electrons. The third-order valence-corrected chi connectivity index (χ3v) is 3.50. The van der Waals surface area contributed by atoms with Crippen molar-refractivity contribution in [1.82, 2.24) is 4.90 Å². The Morgan fingerprint density at radius 3 is 2.23 bits per heavy atom. The number of alkyl halides is 1. The molecule has 0 amide bonds. The minimum Gasteiger partial charge on any atom is -0.330 e. The van der Waals surface area contributed by atoms with Crippen LogP contribution in [0.1, 0.15) is 26.7 Å². The zero-order valence-electron chi connectivity index (χ0n) is 8.94.